The predicted molar refractivity (Wildman–Crippen MR) is 92.3 cm³/mol. The van der Waals surface area contributed by atoms with Crippen molar-refractivity contribution >= 4 is 29.8 Å². The minimum absolute atomic E-state index is 0.165. The van der Waals surface area contributed by atoms with Crippen LogP contribution in [0.15, 0.2) is 23.3 Å². The van der Waals surface area contributed by atoms with Crippen molar-refractivity contribution < 1.29 is 24.1 Å². The maximum Gasteiger partial charge on any atom is 0.414 e. The fourth-order valence-corrected chi connectivity index (χ4v) is 2.87. The number of cyclic esters (lactones) is 1. The number of ether oxygens (including phenoxy) is 1. The van der Waals surface area contributed by atoms with E-state index in [9.17, 15) is 14.3 Å². The lowest BCUT2D eigenvalue weighted by Gasteiger charge is -2.28. The van der Waals surface area contributed by atoms with Crippen LogP contribution in [0.3, 0.4) is 0 Å². The van der Waals surface area contributed by atoms with E-state index in [1.165, 1.54) is 22.3 Å². The summed E-state index contributed by atoms with van der Waals surface area (Å²) in [4.78, 5) is 17.3. The van der Waals surface area contributed by atoms with Gasteiger partial charge in [0.15, 0.2) is 0 Å². The summed E-state index contributed by atoms with van der Waals surface area (Å²) in [5.74, 6) is -0.241. The van der Waals surface area contributed by atoms with Gasteiger partial charge in [-0.3, -0.25) is 9.88 Å². The number of rotatable bonds is 4. The molecule has 0 saturated carbocycles. The molecule has 2 aromatic rings. The maximum absolute atomic E-state index is 14.6. The third kappa shape index (κ3) is 3.21. The molecule has 2 aliphatic heterocycles. The number of hydrogen-bond acceptors (Lipinski definition) is 9. The molecule has 3 N–H and O–H groups in total. The smallest absolute Gasteiger partial charge is 0.414 e. The molecule has 1 fully saturated rings. The highest BCUT2D eigenvalue weighted by molar-refractivity contribution is 5.90. The van der Waals surface area contributed by atoms with Crippen molar-refractivity contribution in [1.82, 2.24) is 15.2 Å². The first kappa shape index (κ1) is 17.0. The maximum atomic E-state index is 14.6. The SMILES string of the molecule is O=C1O[C@@H](CO)CN1c1ccc(N2C=NN(c3nnc(O)[nH]3)CC2)c(F)c1. The standard InChI is InChI=1S/C15H16FN7O4/c16-11-5-9(22-6-10(7-24)27-15(22)26)1-2-12(11)21-3-4-23(17-8-21)13-18-14(25)20-19-13/h1-2,5,8,10,24H,3-4,6-7H2,(H2,18,19,20,25)/t10-/m1/s1. The normalized spacial score (nSPS) is 19.7. The van der Waals surface area contributed by atoms with Gasteiger partial charge in [0.05, 0.1) is 31.1 Å². The van der Waals surface area contributed by atoms with Crippen molar-refractivity contribution in [2.75, 3.05) is 41.0 Å². The number of H-pyrrole nitrogens is 1. The Balaban J connectivity index is 1.49. The number of nitrogens with one attached hydrogen (secondary N) is 1. The molecule has 0 radical (unpaired) electrons. The van der Waals surface area contributed by atoms with Gasteiger partial charge >= 0.3 is 12.1 Å². The molecular weight excluding hydrogens is 361 g/mol. The van der Waals surface area contributed by atoms with E-state index >= 15 is 0 Å². The largest absolute Gasteiger partial charge is 0.479 e. The Morgan fingerprint density at radius 3 is 2.78 bits per heavy atom. The summed E-state index contributed by atoms with van der Waals surface area (Å²) in [6.07, 6.45) is 0.204. The zero-order chi connectivity index (χ0) is 19.0. The van der Waals surface area contributed by atoms with Crippen LogP contribution in [0.1, 0.15) is 0 Å². The van der Waals surface area contributed by atoms with Crippen molar-refractivity contribution in [2.45, 2.75) is 6.10 Å². The number of aliphatic hydroxyl groups excluding tert-OH is 1. The van der Waals surface area contributed by atoms with Crippen LogP contribution < -0.4 is 14.8 Å². The van der Waals surface area contributed by atoms with E-state index in [2.05, 4.69) is 20.3 Å². The molecule has 0 bridgehead atoms. The molecule has 1 aromatic heterocycles. The number of hydrazone groups is 1. The van der Waals surface area contributed by atoms with Crippen molar-refractivity contribution in [1.29, 1.82) is 0 Å². The lowest BCUT2D eigenvalue weighted by Crippen LogP contribution is -2.38. The Morgan fingerprint density at radius 2 is 2.19 bits per heavy atom. The predicted octanol–water partition coefficient (Wildman–Crippen LogP) is 0.237. The summed E-state index contributed by atoms with van der Waals surface area (Å²) in [5, 5.41) is 31.1. The van der Waals surface area contributed by atoms with Gasteiger partial charge in [0.2, 0.25) is 5.95 Å². The molecule has 1 amide bonds. The minimum atomic E-state index is -0.619. The van der Waals surface area contributed by atoms with Gasteiger partial charge in [-0.25, -0.2) is 14.2 Å². The minimum Gasteiger partial charge on any atom is -0.479 e. The second-order valence-corrected chi connectivity index (χ2v) is 5.95. The molecule has 2 aliphatic rings. The van der Waals surface area contributed by atoms with Gasteiger partial charge in [-0.2, -0.15) is 5.10 Å². The van der Waals surface area contributed by atoms with Crippen LogP contribution in [0.4, 0.5) is 26.5 Å². The van der Waals surface area contributed by atoms with Gasteiger partial charge < -0.3 is 19.8 Å². The summed E-state index contributed by atoms with van der Waals surface area (Å²) in [7, 11) is 0. The molecule has 1 aromatic carbocycles. The monoisotopic (exact) mass is 377 g/mol. The number of carbonyl (C=O) groups is 1. The van der Waals surface area contributed by atoms with E-state index in [1.54, 1.807) is 17.0 Å². The summed E-state index contributed by atoms with van der Waals surface area (Å²) in [6.45, 7) is 0.688. The first-order valence-electron chi connectivity index (χ1n) is 8.13. The third-order valence-corrected chi connectivity index (χ3v) is 4.22. The van der Waals surface area contributed by atoms with Crippen LogP contribution in [0.5, 0.6) is 6.01 Å². The fourth-order valence-electron chi connectivity index (χ4n) is 2.87. The Kier molecular flexibility index (Phi) is 4.24. The van der Waals surface area contributed by atoms with E-state index in [4.69, 9.17) is 9.84 Å². The number of aliphatic hydroxyl groups is 1. The van der Waals surface area contributed by atoms with E-state index < -0.39 is 18.0 Å². The Labute approximate surface area is 152 Å². The first-order valence-corrected chi connectivity index (χ1v) is 8.13. The van der Waals surface area contributed by atoms with Crippen molar-refractivity contribution in [3.8, 4) is 6.01 Å². The zero-order valence-corrected chi connectivity index (χ0v) is 14.0. The van der Waals surface area contributed by atoms with Crippen LogP contribution in [0, 0.1) is 5.82 Å². The highest BCUT2D eigenvalue weighted by Gasteiger charge is 2.32. The van der Waals surface area contributed by atoms with Crippen molar-refractivity contribution in [3.63, 3.8) is 0 Å². The number of nitrogens with zero attached hydrogens (tertiary/aromatic N) is 6. The highest BCUT2D eigenvalue weighted by Crippen LogP contribution is 2.28. The fraction of sp³-hybridized carbons (Fsp3) is 0.333. The second-order valence-electron chi connectivity index (χ2n) is 5.95. The summed E-state index contributed by atoms with van der Waals surface area (Å²) in [5.41, 5.74) is 0.652. The number of amides is 1. The molecule has 0 aliphatic carbocycles. The van der Waals surface area contributed by atoms with E-state index in [0.29, 0.717) is 24.5 Å². The van der Waals surface area contributed by atoms with Crippen LogP contribution in [0.2, 0.25) is 0 Å². The summed E-state index contributed by atoms with van der Waals surface area (Å²) >= 11 is 0. The summed E-state index contributed by atoms with van der Waals surface area (Å²) in [6, 6.07) is 4.08. The molecular formula is C15H16FN7O4. The van der Waals surface area contributed by atoms with Crippen LogP contribution in [0.25, 0.3) is 0 Å². The van der Waals surface area contributed by atoms with Gasteiger partial charge in [0, 0.05) is 6.54 Å². The Hall–Kier alpha value is -3.41. The average Bonchev–Trinajstić information content (AvgIpc) is 3.27. The topological polar surface area (TPSA) is 130 Å². The van der Waals surface area contributed by atoms with Crippen molar-refractivity contribution in [3.05, 3.63) is 24.0 Å². The van der Waals surface area contributed by atoms with E-state index in [-0.39, 0.29) is 25.1 Å². The van der Waals surface area contributed by atoms with Crippen LogP contribution in [-0.2, 0) is 4.74 Å². The van der Waals surface area contributed by atoms with Crippen molar-refractivity contribution in [2.24, 2.45) is 5.10 Å². The molecule has 4 rings (SSSR count). The molecule has 27 heavy (non-hydrogen) atoms. The number of aromatic nitrogens is 3. The van der Waals surface area contributed by atoms with Crippen LogP contribution in [-0.4, -0.2) is 70.2 Å². The summed E-state index contributed by atoms with van der Waals surface area (Å²) < 4.78 is 19.6. The molecule has 1 saturated heterocycles. The third-order valence-electron chi connectivity index (χ3n) is 4.22. The number of aromatic amines is 1. The Bertz CT molecular complexity index is 889. The van der Waals surface area contributed by atoms with E-state index in [0.717, 1.165) is 0 Å². The molecule has 0 spiro atoms. The van der Waals surface area contributed by atoms with E-state index in [1.807, 2.05) is 0 Å². The first-order chi connectivity index (χ1) is 13.0. The lowest BCUT2D eigenvalue weighted by atomic mass is 10.2. The number of carbonyl (C=O) groups excluding carboxylic acids is 1. The molecule has 0 unspecified atom stereocenters. The molecule has 3 heterocycles. The Morgan fingerprint density at radius 1 is 1.33 bits per heavy atom. The number of hydrogen-bond donors (Lipinski definition) is 3. The number of aromatic hydroxyl groups is 1. The highest BCUT2D eigenvalue weighted by atomic mass is 19.1. The molecule has 142 valence electrons. The molecule has 12 heteroatoms. The van der Waals surface area contributed by atoms with Gasteiger partial charge in [0.1, 0.15) is 18.3 Å². The van der Waals surface area contributed by atoms with Gasteiger partial charge in [-0.1, -0.05) is 5.10 Å². The lowest BCUT2D eigenvalue weighted by molar-refractivity contribution is 0.0963. The number of anilines is 3. The molecule has 1 atom stereocenters. The zero-order valence-electron chi connectivity index (χ0n) is 14.0. The van der Waals surface area contributed by atoms with Gasteiger partial charge in [0.25, 0.3) is 0 Å². The van der Waals surface area contributed by atoms with Gasteiger partial charge in [-0.05, 0) is 18.2 Å². The number of benzene rings is 1. The molecule has 11 nitrogen and oxygen atoms in total. The second kappa shape index (κ2) is 6.72. The quantitative estimate of drug-likeness (QED) is 0.691. The van der Waals surface area contributed by atoms with Gasteiger partial charge in [-0.15, -0.1) is 5.10 Å². The number of halogens is 1. The van der Waals surface area contributed by atoms with Crippen LogP contribution >= 0.6 is 0 Å². The average molecular weight is 377 g/mol.